The maximum absolute atomic E-state index is 3.92. The van der Waals surface area contributed by atoms with Gasteiger partial charge in [-0.15, -0.1) is 0 Å². The predicted octanol–water partition coefficient (Wildman–Crippen LogP) is 4.59. The third-order valence-electron chi connectivity index (χ3n) is 4.88. The van der Waals surface area contributed by atoms with E-state index in [1.165, 1.54) is 57.2 Å². The van der Waals surface area contributed by atoms with Crippen LogP contribution in [0.3, 0.4) is 0 Å². The van der Waals surface area contributed by atoms with Crippen molar-refractivity contribution in [3.8, 4) is 0 Å². The number of thioether (sulfide) groups is 1. The minimum atomic E-state index is 0.702. The molecule has 1 N–H and O–H groups in total. The van der Waals surface area contributed by atoms with Gasteiger partial charge in [0, 0.05) is 17.8 Å². The van der Waals surface area contributed by atoms with Crippen molar-refractivity contribution in [2.75, 3.05) is 12.3 Å². The van der Waals surface area contributed by atoms with Gasteiger partial charge in [0.25, 0.3) is 0 Å². The van der Waals surface area contributed by atoms with Gasteiger partial charge < -0.3 is 5.32 Å². The summed E-state index contributed by atoms with van der Waals surface area (Å²) in [6, 6.07) is 11.9. The maximum Gasteiger partial charge on any atom is 0.0172 e. The second-order valence-corrected chi connectivity index (χ2v) is 7.71. The molecule has 1 aliphatic heterocycles. The van der Waals surface area contributed by atoms with Crippen molar-refractivity contribution < 1.29 is 0 Å². The first-order chi connectivity index (χ1) is 9.93. The minimum absolute atomic E-state index is 0.702. The lowest BCUT2D eigenvalue weighted by Gasteiger charge is -2.34. The third kappa shape index (κ3) is 3.79. The molecule has 2 fully saturated rings. The Bertz CT molecular complexity index is 386. The summed E-state index contributed by atoms with van der Waals surface area (Å²) in [7, 11) is 0. The van der Waals surface area contributed by atoms with Crippen molar-refractivity contribution in [1.82, 2.24) is 5.32 Å². The third-order valence-corrected chi connectivity index (χ3v) is 6.27. The summed E-state index contributed by atoms with van der Waals surface area (Å²) in [5.41, 5.74) is 1.54. The molecule has 1 aromatic rings. The van der Waals surface area contributed by atoms with Crippen LogP contribution in [0.2, 0.25) is 0 Å². The average molecular weight is 289 g/mol. The molecule has 3 rings (SSSR count). The quantitative estimate of drug-likeness (QED) is 0.870. The summed E-state index contributed by atoms with van der Waals surface area (Å²) in [5.74, 6) is 2.11. The van der Waals surface area contributed by atoms with Gasteiger partial charge in [-0.05, 0) is 42.9 Å². The molecule has 1 saturated carbocycles. The minimum Gasteiger partial charge on any atom is -0.312 e. The monoisotopic (exact) mass is 289 g/mol. The van der Waals surface area contributed by atoms with Crippen molar-refractivity contribution in [1.29, 1.82) is 0 Å². The molecule has 20 heavy (non-hydrogen) atoms. The van der Waals surface area contributed by atoms with E-state index in [1.54, 1.807) is 5.56 Å². The van der Waals surface area contributed by atoms with Gasteiger partial charge in [-0.25, -0.2) is 0 Å². The van der Waals surface area contributed by atoms with Gasteiger partial charge in [0.05, 0.1) is 0 Å². The normalized spacial score (nSPS) is 31.1. The summed E-state index contributed by atoms with van der Waals surface area (Å²) < 4.78 is 0. The molecule has 1 nitrogen and oxygen atoms in total. The van der Waals surface area contributed by atoms with Gasteiger partial charge in [0.1, 0.15) is 0 Å². The van der Waals surface area contributed by atoms with Crippen LogP contribution in [0.25, 0.3) is 0 Å². The van der Waals surface area contributed by atoms with E-state index in [0.29, 0.717) is 6.04 Å². The number of hydrogen-bond donors (Lipinski definition) is 1. The summed E-state index contributed by atoms with van der Waals surface area (Å²) in [5, 5.41) is 4.78. The molecular formula is C18H27NS. The van der Waals surface area contributed by atoms with Gasteiger partial charge in [-0.1, -0.05) is 49.6 Å². The lowest BCUT2D eigenvalue weighted by Crippen LogP contribution is -2.41. The highest BCUT2D eigenvalue weighted by molar-refractivity contribution is 7.99. The first-order valence-corrected chi connectivity index (χ1v) is 9.38. The van der Waals surface area contributed by atoms with Gasteiger partial charge >= 0.3 is 0 Å². The highest BCUT2D eigenvalue weighted by Gasteiger charge is 2.26. The Morgan fingerprint density at radius 3 is 2.55 bits per heavy atom. The van der Waals surface area contributed by atoms with E-state index >= 15 is 0 Å². The van der Waals surface area contributed by atoms with Crippen LogP contribution < -0.4 is 5.32 Å². The molecule has 0 bridgehead atoms. The van der Waals surface area contributed by atoms with Crippen LogP contribution >= 0.6 is 11.8 Å². The van der Waals surface area contributed by atoms with Crippen molar-refractivity contribution in [3.05, 3.63) is 35.9 Å². The molecule has 2 aliphatic rings. The van der Waals surface area contributed by atoms with Crippen molar-refractivity contribution >= 4 is 11.8 Å². The Balaban J connectivity index is 1.57. The highest BCUT2D eigenvalue weighted by Crippen LogP contribution is 2.33. The van der Waals surface area contributed by atoms with E-state index in [9.17, 15) is 0 Å². The molecule has 110 valence electrons. The second-order valence-electron chi connectivity index (χ2n) is 6.30. The van der Waals surface area contributed by atoms with E-state index in [0.717, 1.165) is 11.2 Å². The smallest absolute Gasteiger partial charge is 0.0172 e. The molecule has 0 spiro atoms. The summed E-state index contributed by atoms with van der Waals surface area (Å²) in [6.45, 7) is 1.22. The molecular weight excluding hydrogens is 262 g/mol. The lowest BCUT2D eigenvalue weighted by molar-refractivity contribution is 0.326. The van der Waals surface area contributed by atoms with Crippen LogP contribution in [-0.2, 0) is 0 Å². The number of rotatable bonds is 4. The number of hydrogen-bond acceptors (Lipinski definition) is 2. The molecule has 1 saturated heterocycles. The summed E-state index contributed by atoms with van der Waals surface area (Å²) in [4.78, 5) is 0. The Morgan fingerprint density at radius 2 is 1.75 bits per heavy atom. The summed E-state index contributed by atoms with van der Waals surface area (Å²) >= 11 is 2.19. The van der Waals surface area contributed by atoms with Gasteiger partial charge in [-0.2, -0.15) is 11.8 Å². The van der Waals surface area contributed by atoms with Crippen LogP contribution in [0.5, 0.6) is 0 Å². The molecule has 1 aromatic carbocycles. The van der Waals surface area contributed by atoms with E-state index in [2.05, 4.69) is 47.4 Å². The lowest BCUT2D eigenvalue weighted by atomic mass is 9.80. The van der Waals surface area contributed by atoms with Crippen LogP contribution in [0.1, 0.15) is 56.4 Å². The molecule has 1 heterocycles. The van der Waals surface area contributed by atoms with Crippen LogP contribution in [-0.4, -0.2) is 23.6 Å². The Hall–Kier alpha value is -0.470. The fourth-order valence-electron chi connectivity index (χ4n) is 3.73. The van der Waals surface area contributed by atoms with Crippen LogP contribution in [0.4, 0.5) is 0 Å². The zero-order chi connectivity index (χ0) is 13.6. The van der Waals surface area contributed by atoms with Gasteiger partial charge in [0.2, 0.25) is 0 Å². The van der Waals surface area contributed by atoms with Crippen molar-refractivity contribution in [2.45, 2.75) is 62.2 Å². The van der Waals surface area contributed by atoms with E-state index < -0.39 is 0 Å². The maximum atomic E-state index is 3.92. The number of nitrogens with one attached hydrogen (secondary N) is 1. The Kier molecular flexibility index (Phi) is 5.43. The van der Waals surface area contributed by atoms with Crippen molar-refractivity contribution in [2.24, 2.45) is 0 Å². The fraction of sp³-hybridized carbons (Fsp3) is 0.667. The standard InChI is InChI=1S/C18H27NS/c1-2-8-15(9-3-1)17-11-4-5-12-18(17)19-14-16-10-6-7-13-20-16/h1-3,8-9,16-19H,4-7,10-14H2. The van der Waals surface area contributed by atoms with Crippen LogP contribution in [0.15, 0.2) is 30.3 Å². The number of benzene rings is 1. The van der Waals surface area contributed by atoms with Crippen LogP contribution in [0, 0.1) is 0 Å². The Morgan fingerprint density at radius 1 is 0.950 bits per heavy atom. The Labute approximate surface area is 127 Å². The molecule has 3 unspecified atom stereocenters. The van der Waals surface area contributed by atoms with E-state index in [4.69, 9.17) is 0 Å². The molecule has 0 aromatic heterocycles. The molecule has 2 heteroatoms. The molecule has 0 radical (unpaired) electrons. The SMILES string of the molecule is c1ccc(C2CCCCC2NCC2CCCCS2)cc1. The zero-order valence-electron chi connectivity index (χ0n) is 12.4. The highest BCUT2D eigenvalue weighted by atomic mass is 32.2. The largest absolute Gasteiger partial charge is 0.312 e. The van der Waals surface area contributed by atoms with Gasteiger partial charge in [0.15, 0.2) is 0 Å². The first-order valence-electron chi connectivity index (χ1n) is 8.33. The molecule has 0 amide bonds. The van der Waals surface area contributed by atoms with Crippen molar-refractivity contribution in [3.63, 3.8) is 0 Å². The molecule has 1 aliphatic carbocycles. The zero-order valence-corrected chi connectivity index (χ0v) is 13.2. The first kappa shape index (κ1) is 14.5. The predicted molar refractivity (Wildman–Crippen MR) is 89.5 cm³/mol. The van der Waals surface area contributed by atoms with E-state index in [1.807, 2.05) is 0 Å². The topological polar surface area (TPSA) is 12.0 Å². The molecule has 3 atom stereocenters. The average Bonchev–Trinajstić information content (AvgIpc) is 2.55. The summed E-state index contributed by atoms with van der Waals surface area (Å²) in [6.07, 6.45) is 9.80. The van der Waals surface area contributed by atoms with E-state index in [-0.39, 0.29) is 0 Å². The van der Waals surface area contributed by atoms with Gasteiger partial charge in [-0.3, -0.25) is 0 Å². The second kappa shape index (κ2) is 7.51. The fourth-order valence-corrected chi connectivity index (χ4v) is 4.98.